The molecule has 0 aromatic heterocycles. The summed E-state index contributed by atoms with van der Waals surface area (Å²) in [7, 11) is 3.52. The van der Waals surface area contributed by atoms with Crippen LogP contribution in [0.3, 0.4) is 0 Å². The Hall–Kier alpha value is -1.60. The number of nitrogens with zero attached hydrogens (tertiary/aromatic N) is 1. The second kappa shape index (κ2) is 11.9. The molecule has 0 saturated heterocycles. The van der Waals surface area contributed by atoms with Gasteiger partial charge in [-0.25, -0.2) is 0 Å². The number of hydrogen-bond acceptors (Lipinski definition) is 2. The van der Waals surface area contributed by atoms with Crippen LogP contribution in [0.25, 0.3) is 0 Å². The number of hydrogen-bond donors (Lipinski definition) is 2. The maximum absolute atomic E-state index is 5.26. The zero-order valence-electron chi connectivity index (χ0n) is 16.1. The summed E-state index contributed by atoms with van der Waals surface area (Å²) in [6, 6.07) is 17.0. The van der Waals surface area contributed by atoms with E-state index in [0.717, 1.165) is 19.0 Å². The highest BCUT2D eigenvalue weighted by Crippen LogP contribution is 2.14. The van der Waals surface area contributed by atoms with Gasteiger partial charge in [-0.2, -0.15) is 0 Å². The highest BCUT2D eigenvalue weighted by Gasteiger charge is 2.07. The van der Waals surface area contributed by atoms with E-state index in [4.69, 9.17) is 4.74 Å². The lowest BCUT2D eigenvalue weighted by molar-refractivity contribution is 0.184. The van der Waals surface area contributed by atoms with Gasteiger partial charge in [-0.15, -0.1) is 24.0 Å². The van der Waals surface area contributed by atoms with Crippen LogP contribution < -0.4 is 10.6 Å². The fraction of sp³-hybridized carbons (Fsp3) is 0.381. The Kier molecular flexibility index (Phi) is 10.3. The summed E-state index contributed by atoms with van der Waals surface area (Å²) in [6.45, 7) is 6.51. The van der Waals surface area contributed by atoms with E-state index in [1.54, 1.807) is 14.2 Å². The molecule has 0 spiro atoms. The number of aliphatic imine (C=N–C) groups is 1. The van der Waals surface area contributed by atoms with Crippen molar-refractivity contribution in [1.29, 1.82) is 0 Å². The van der Waals surface area contributed by atoms with Crippen LogP contribution >= 0.6 is 24.0 Å². The summed E-state index contributed by atoms with van der Waals surface area (Å²) >= 11 is 0. The van der Waals surface area contributed by atoms with Crippen molar-refractivity contribution in [2.45, 2.75) is 32.9 Å². The zero-order chi connectivity index (χ0) is 18.1. The molecule has 1 unspecified atom stereocenters. The quantitative estimate of drug-likeness (QED) is 0.364. The Morgan fingerprint density at radius 2 is 1.69 bits per heavy atom. The molecule has 0 aliphatic rings. The number of nitrogens with one attached hydrogen (secondary N) is 2. The molecule has 0 aliphatic heterocycles. The van der Waals surface area contributed by atoms with Crippen LogP contribution in [-0.2, 0) is 17.9 Å². The number of aryl methyl sites for hydroxylation is 1. The lowest BCUT2D eigenvalue weighted by Crippen LogP contribution is -2.38. The van der Waals surface area contributed by atoms with Gasteiger partial charge in [0.1, 0.15) is 0 Å². The molecule has 0 aliphatic carbocycles. The Morgan fingerprint density at radius 3 is 2.31 bits per heavy atom. The van der Waals surface area contributed by atoms with E-state index in [-0.39, 0.29) is 24.0 Å². The lowest BCUT2D eigenvalue weighted by Gasteiger charge is -2.17. The van der Waals surface area contributed by atoms with Crippen molar-refractivity contribution in [3.05, 3.63) is 70.8 Å². The van der Waals surface area contributed by atoms with E-state index in [9.17, 15) is 0 Å². The lowest BCUT2D eigenvalue weighted by atomic mass is 10.0. The monoisotopic (exact) mass is 467 g/mol. The van der Waals surface area contributed by atoms with E-state index >= 15 is 0 Å². The smallest absolute Gasteiger partial charge is 0.191 e. The van der Waals surface area contributed by atoms with Crippen LogP contribution in [0.2, 0.25) is 0 Å². The van der Waals surface area contributed by atoms with Crippen LogP contribution in [0.1, 0.15) is 35.1 Å². The van der Waals surface area contributed by atoms with E-state index in [2.05, 4.69) is 65.9 Å². The van der Waals surface area contributed by atoms with Crippen molar-refractivity contribution in [1.82, 2.24) is 10.6 Å². The third kappa shape index (κ3) is 6.96. The first-order valence-electron chi connectivity index (χ1n) is 8.70. The second-order valence-corrected chi connectivity index (χ2v) is 6.32. The molecule has 0 amide bonds. The van der Waals surface area contributed by atoms with Gasteiger partial charge < -0.3 is 15.4 Å². The van der Waals surface area contributed by atoms with E-state index in [1.165, 1.54) is 22.3 Å². The summed E-state index contributed by atoms with van der Waals surface area (Å²) in [5.41, 5.74) is 5.04. The third-order valence-corrected chi connectivity index (χ3v) is 4.31. The molecule has 2 rings (SSSR count). The first-order valence-corrected chi connectivity index (χ1v) is 8.70. The van der Waals surface area contributed by atoms with Crippen LogP contribution in [0.5, 0.6) is 0 Å². The van der Waals surface area contributed by atoms with Crippen molar-refractivity contribution in [3.8, 4) is 0 Å². The predicted octanol–water partition coefficient (Wildman–Crippen LogP) is 4.23. The molecule has 142 valence electrons. The van der Waals surface area contributed by atoms with Gasteiger partial charge >= 0.3 is 0 Å². The van der Waals surface area contributed by atoms with Crippen LogP contribution in [0.4, 0.5) is 0 Å². The molecular weight excluding hydrogens is 437 g/mol. The van der Waals surface area contributed by atoms with Gasteiger partial charge in [0.25, 0.3) is 0 Å². The largest absolute Gasteiger partial charge is 0.380 e. The molecule has 0 fully saturated rings. The normalized spacial score (nSPS) is 12.2. The molecular formula is C21H30IN3O. The zero-order valence-corrected chi connectivity index (χ0v) is 18.4. The van der Waals surface area contributed by atoms with Gasteiger partial charge in [-0.1, -0.05) is 61.0 Å². The number of methoxy groups -OCH3 is 1. The molecule has 0 radical (unpaired) electrons. The first kappa shape index (κ1) is 22.4. The van der Waals surface area contributed by atoms with E-state index in [1.807, 2.05) is 12.1 Å². The van der Waals surface area contributed by atoms with Crippen molar-refractivity contribution in [2.24, 2.45) is 4.99 Å². The van der Waals surface area contributed by atoms with Gasteiger partial charge in [0.05, 0.1) is 6.61 Å². The Labute approximate surface area is 174 Å². The van der Waals surface area contributed by atoms with Gasteiger partial charge in [-0.3, -0.25) is 4.99 Å². The summed E-state index contributed by atoms with van der Waals surface area (Å²) in [6.07, 6.45) is 0. The van der Waals surface area contributed by atoms with E-state index in [0.29, 0.717) is 12.5 Å². The van der Waals surface area contributed by atoms with E-state index < -0.39 is 0 Å². The van der Waals surface area contributed by atoms with Crippen molar-refractivity contribution >= 4 is 29.9 Å². The maximum atomic E-state index is 5.26. The minimum atomic E-state index is 0. The minimum Gasteiger partial charge on any atom is -0.380 e. The molecule has 0 saturated carbocycles. The number of guanidine groups is 1. The van der Waals surface area contributed by atoms with Gasteiger partial charge in [-0.05, 0) is 29.5 Å². The van der Waals surface area contributed by atoms with Crippen molar-refractivity contribution in [3.63, 3.8) is 0 Å². The molecule has 1 atom stereocenters. The number of benzene rings is 2. The number of halogens is 1. The third-order valence-electron chi connectivity index (χ3n) is 4.31. The highest BCUT2D eigenvalue weighted by atomic mass is 127. The molecule has 2 aromatic carbocycles. The standard InChI is InChI=1S/C21H29N3O.HI/c1-16-9-11-18(12-10-16)17(2)13-23-21(22-3)24-14-19-7-5-6-8-20(19)15-25-4;/h5-12,17H,13-15H2,1-4H3,(H2,22,23,24);1H. The Bertz CT molecular complexity index is 686. The van der Waals surface area contributed by atoms with Crippen LogP contribution in [-0.4, -0.2) is 26.7 Å². The van der Waals surface area contributed by atoms with Gasteiger partial charge in [0.2, 0.25) is 0 Å². The molecule has 4 nitrogen and oxygen atoms in total. The van der Waals surface area contributed by atoms with Crippen molar-refractivity contribution in [2.75, 3.05) is 20.7 Å². The predicted molar refractivity (Wildman–Crippen MR) is 120 cm³/mol. The average Bonchev–Trinajstić information content (AvgIpc) is 2.63. The summed E-state index contributed by atoms with van der Waals surface area (Å²) in [4.78, 5) is 4.32. The Balaban J connectivity index is 0.00000338. The highest BCUT2D eigenvalue weighted by molar-refractivity contribution is 14.0. The number of ether oxygens (including phenoxy) is 1. The van der Waals surface area contributed by atoms with Gasteiger partial charge in [0, 0.05) is 27.2 Å². The first-order chi connectivity index (χ1) is 12.1. The fourth-order valence-corrected chi connectivity index (χ4v) is 2.69. The average molecular weight is 467 g/mol. The van der Waals surface area contributed by atoms with Crippen LogP contribution in [0.15, 0.2) is 53.5 Å². The maximum Gasteiger partial charge on any atom is 0.191 e. The summed E-state index contributed by atoms with van der Waals surface area (Å²) < 4.78 is 5.26. The Morgan fingerprint density at radius 1 is 1.04 bits per heavy atom. The topological polar surface area (TPSA) is 45.7 Å². The van der Waals surface area contributed by atoms with Crippen molar-refractivity contribution < 1.29 is 4.74 Å². The SMILES string of the molecule is CN=C(NCc1ccccc1COC)NCC(C)c1ccc(C)cc1.I. The molecule has 26 heavy (non-hydrogen) atoms. The number of rotatable bonds is 7. The molecule has 0 bridgehead atoms. The molecule has 5 heteroatoms. The summed E-state index contributed by atoms with van der Waals surface area (Å²) in [5.74, 6) is 1.23. The fourth-order valence-electron chi connectivity index (χ4n) is 2.69. The molecule has 2 N–H and O–H groups in total. The van der Waals surface area contributed by atoms with Gasteiger partial charge in [0.15, 0.2) is 5.96 Å². The molecule has 2 aromatic rings. The molecule has 0 heterocycles. The van der Waals surface area contributed by atoms with Crippen LogP contribution in [0, 0.1) is 6.92 Å². The minimum absolute atomic E-state index is 0. The second-order valence-electron chi connectivity index (χ2n) is 6.32. The summed E-state index contributed by atoms with van der Waals surface area (Å²) in [5, 5.41) is 6.80.